The van der Waals surface area contributed by atoms with Crippen molar-refractivity contribution in [2.24, 2.45) is 0 Å². The Balaban J connectivity index is 1.55. The third-order valence-corrected chi connectivity index (χ3v) is 6.48. The summed E-state index contributed by atoms with van der Waals surface area (Å²) >= 11 is 0. The van der Waals surface area contributed by atoms with Crippen molar-refractivity contribution >= 4 is 38.1 Å². The van der Waals surface area contributed by atoms with Gasteiger partial charge in [-0.2, -0.15) is 0 Å². The zero-order valence-corrected chi connectivity index (χ0v) is 18.0. The van der Waals surface area contributed by atoms with Gasteiger partial charge in [0.05, 0.1) is 10.6 Å². The zero-order valence-electron chi connectivity index (χ0n) is 17.2. The van der Waals surface area contributed by atoms with E-state index in [2.05, 4.69) is 10.0 Å². The Morgan fingerprint density at radius 2 is 1.48 bits per heavy atom. The first-order valence-corrected chi connectivity index (χ1v) is 11.3. The molecule has 0 unspecified atom stereocenters. The molecule has 156 valence electrons. The van der Waals surface area contributed by atoms with Crippen LogP contribution in [0.4, 0.5) is 11.4 Å². The molecule has 0 aliphatic heterocycles. The minimum absolute atomic E-state index is 0.190. The molecule has 0 saturated heterocycles. The molecule has 0 aromatic heterocycles. The molecular weight excluding hydrogens is 408 g/mol. The van der Waals surface area contributed by atoms with E-state index in [9.17, 15) is 13.2 Å². The second-order valence-electron chi connectivity index (χ2n) is 7.43. The van der Waals surface area contributed by atoms with E-state index in [0.29, 0.717) is 16.8 Å². The van der Waals surface area contributed by atoms with Gasteiger partial charge >= 0.3 is 0 Å². The Labute approximate surface area is 181 Å². The van der Waals surface area contributed by atoms with Gasteiger partial charge in [0.15, 0.2) is 0 Å². The summed E-state index contributed by atoms with van der Waals surface area (Å²) in [4.78, 5) is 13.0. The summed E-state index contributed by atoms with van der Waals surface area (Å²) in [7, 11) is -3.71. The van der Waals surface area contributed by atoms with Gasteiger partial charge in [-0.05, 0) is 61.2 Å². The summed E-state index contributed by atoms with van der Waals surface area (Å²) < 4.78 is 27.9. The second kappa shape index (κ2) is 8.24. The second-order valence-corrected chi connectivity index (χ2v) is 9.11. The maximum absolute atomic E-state index is 12.8. The molecule has 6 heteroatoms. The minimum atomic E-state index is -3.71. The number of hydrogen-bond donors (Lipinski definition) is 2. The van der Waals surface area contributed by atoms with Crippen molar-refractivity contribution in [1.29, 1.82) is 0 Å². The van der Waals surface area contributed by atoms with Gasteiger partial charge in [-0.1, -0.05) is 54.1 Å². The van der Waals surface area contributed by atoms with Crippen LogP contribution in [-0.4, -0.2) is 14.3 Å². The highest BCUT2D eigenvalue weighted by Gasteiger charge is 2.16. The molecule has 0 aliphatic rings. The van der Waals surface area contributed by atoms with Crippen LogP contribution in [0.3, 0.4) is 0 Å². The smallest absolute Gasteiger partial charge is 0.261 e. The van der Waals surface area contributed by atoms with E-state index in [0.717, 1.165) is 22.0 Å². The van der Waals surface area contributed by atoms with Crippen LogP contribution in [0, 0.1) is 13.8 Å². The van der Waals surface area contributed by atoms with E-state index < -0.39 is 10.0 Å². The molecule has 0 bridgehead atoms. The van der Waals surface area contributed by atoms with Crippen molar-refractivity contribution in [1.82, 2.24) is 0 Å². The fourth-order valence-electron chi connectivity index (χ4n) is 3.37. The van der Waals surface area contributed by atoms with Crippen LogP contribution >= 0.6 is 0 Å². The molecule has 1 amide bonds. The Hall–Kier alpha value is -3.64. The third kappa shape index (κ3) is 4.44. The van der Waals surface area contributed by atoms with Crippen LogP contribution < -0.4 is 10.0 Å². The first-order valence-electron chi connectivity index (χ1n) is 9.83. The normalized spacial score (nSPS) is 11.3. The molecule has 0 fully saturated rings. The molecule has 0 radical (unpaired) electrons. The number of aryl methyl sites for hydroxylation is 2. The van der Waals surface area contributed by atoms with Crippen molar-refractivity contribution in [2.45, 2.75) is 18.7 Å². The molecular formula is C25H22N2O3S. The fraction of sp³-hybridized carbons (Fsp3) is 0.0800. The minimum Gasteiger partial charge on any atom is -0.321 e. The largest absolute Gasteiger partial charge is 0.321 e. The van der Waals surface area contributed by atoms with E-state index in [1.54, 1.807) is 49.4 Å². The number of carbonyl (C=O) groups excluding carboxylic acids is 1. The Bertz CT molecular complexity index is 1370. The lowest BCUT2D eigenvalue weighted by molar-refractivity contribution is 0.102. The number of carbonyl (C=O) groups is 1. The van der Waals surface area contributed by atoms with Crippen molar-refractivity contribution < 1.29 is 13.2 Å². The molecule has 0 atom stereocenters. The highest BCUT2D eigenvalue weighted by molar-refractivity contribution is 7.92. The summed E-state index contributed by atoms with van der Waals surface area (Å²) in [5.41, 5.74) is 3.24. The van der Waals surface area contributed by atoms with E-state index >= 15 is 0 Å². The zero-order chi connectivity index (χ0) is 22.0. The Morgan fingerprint density at radius 3 is 2.23 bits per heavy atom. The maximum atomic E-state index is 12.8. The molecule has 5 nitrogen and oxygen atoms in total. The molecule has 0 heterocycles. The quantitative estimate of drug-likeness (QED) is 0.438. The van der Waals surface area contributed by atoms with Crippen LogP contribution in [0.25, 0.3) is 10.8 Å². The monoisotopic (exact) mass is 430 g/mol. The SMILES string of the molecule is Cc1ccc(S(=O)(=O)Nc2ccc(C(=O)Nc3cccc4ccccc34)cc2C)cc1. The van der Waals surface area contributed by atoms with Crippen LogP contribution in [0.1, 0.15) is 21.5 Å². The van der Waals surface area contributed by atoms with Crippen LogP contribution in [-0.2, 0) is 10.0 Å². The van der Waals surface area contributed by atoms with Crippen molar-refractivity contribution in [3.8, 4) is 0 Å². The average Bonchev–Trinajstić information content (AvgIpc) is 2.75. The number of amides is 1. The summed E-state index contributed by atoms with van der Waals surface area (Å²) in [6.45, 7) is 3.66. The predicted molar refractivity (Wildman–Crippen MR) is 125 cm³/mol. The van der Waals surface area contributed by atoms with Crippen LogP contribution in [0.5, 0.6) is 0 Å². The molecule has 4 aromatic rings. The Morgan fingerprint density at radius 1 is 0.774 bits per heavy atom. The fourth-order valence-corrected chi connectivity index (χ4v) is 4.50. The van der Waals surface area contributed by atoms with Gasteiger partial charge < -0.3 is 5.32 Å². The number of sulfonamides is 1. The first-order chi connectivity index (χ1) is 14.8. The van der Waals surface area contributed by atoms with Gasteiger partial charge in [0.2, 0.25) is 0 Å². The van der Waals surface area contributed by atoms with E-state index in [-0.39, 0.29) is 10.8 Å². The number of fused-ring (bicyclic) bond motifs is 1. The van der Waals surface area contributed by atoms with Crippen molar-refractivity contribution in [3.63, 3.8) is 0 Å². The lowest BCUT2D eigenvalue weighted by Crippen LogP contribution is -2.15. The first kappa shape index (κ1) is 20.6. The summed E-state index contributed by atoms with van der Waals surface area (Å²) in [6, 6.07) is 25.1. The number of hydrogen-bond acceptors (Lipinski definition) is 3. The van der Waals surface area contributed by atoms with Gasteiger partial charge in [-0.15, -0.1) is 0 Å². The molecule has 31 heavy (non-hydrogen) atoms. The van der Waals surface area contributed by atoms with Gasteiger partial charge in [-0.3, -0.25) is 9.52 Å². The topological polar surface area (TPSA) is 75.3 Å². The number of rotatable bonds is 5. The van der Waals surface area contributed by atoms with E-state index in [1.807, 2.05) is 49.4 Å². The lowest BCUT2D eigenvalue weighted by atomic mass is 10.1. The highest BCUT2D eigenvalue weighted by atomic mass is 32.2. The van der Waals surface area contributed by atoms with Crippen molar-refractivity contribution in [2.75, 3.05) is 10.0 Å². The lowest BCUT2D eigenvalue weighted by Gasteiger charge is -2.13. The van der Waals surface area contributed by atoms with Crippen LogP contribution in [0.2, 0.25) is 0 Å². The number of anilines is 2. The molecule has 0 aliphatic carbocycles. The standard InChI is InChI=1S/C25H22N2O3S/c1-17-10-13-21(14-11-17)31(29,30)27-23-15-12-20(16-18(23)2)25(28)26-24-9-5-7-19-6-3-4-8-22(19)24/h3-16,27H,1-2H3,(H,26,28). The molecule has 0 spiro atoms. The Kier molecular flexibility index (Phi) is 5.48. The number of nitrogens with one attached hydrogen (secondary N) is 2. The average molecular weight is 431 g/mol. The summed E-state index contributed by atoms with van der Waals surface area (Å²) in [6.07, 6.45) is 0. The van der Waals surface area contributed by atoms with Gasteiger partial charge in [-0.25, -0.2) is 8.42 Å². The van der Waals surface area contributed by atoms with E-state index in [4.69, 9.17) is 0 Å². The predicted octanol–water partition coefficient (Wildman–Crippen LogP) is 5.51. The molecule has 0 saturated carbocycles. The highest BCUT2D eigenvalue weighted by Crippen LogP contribution is 2.25. The molecule has 2 N–H and O–H groups in total. The van der Waals surface area contributed by atoms with Gasteiger partial charge in [0, 0.05) is 16.6 Å². The van der Waals surface area contributed by atoms with Crippen LogP contribution in [0.15, 0.2) is 89.8 Å². The molecule has 4 aromatic carbocycles. The van der Waals surface area contributed by atoms with Gasteiger partial charge in [0.25, 0.3) is 15.9 Å². The molecule has 4 rings (SSSR count). The van der Waals surface area contributed by atoms with Gasteiger partial charge in [0.1, 0.15) is 0 Å². The van der Waals surface area contributed by atoms with E-state index in [1.165, 1.54) is 0 Å². The number of benzene rings is 4. The van der Waals surface area contributed by atoms with Crippen molar-refractivity contribution in [3.05, 3.63) is 102 Å². The third-order valence-electron chi connectivity index (χ3n) is 5.10. The maximum Gasteiger partial charge on any atom is 0.261 e. The summed E-state index contributed by atoms with van der Waals surface area (Å²) in [5, 5.41) is 4.94. The summed E-state index contributed by atoms with van der Waals surface area (Å²) in [5.74, 6) is -0.257.